The van der Waals surface area contributed by atoms with Crippen LogP contribution in [0.1, 0.15) is 24.1 Å². The maximum Gasteiger partial charge on any atom is 0.0594 e. The van der Waals surface area contributed by atoms with Crippen LogP contribution in [0.4, 0.5) is 0 Å². The minimum atomic E-state index is 0.0978. The van der Waals surface area contributed by atoms with Gasteiger partial charge in [0.05, 0.1) is 19.8 Å². The van der Waals surface area contributed by atoms with Gasteiger partial charge in [0.25, 0.3) is 0 Å². The van der Waals surface area contributed by atoms with Gasteiger partial charge in [0.15, 0.2) is 0 Å². The fourth-order valence-corrected chi connectivity index (χ4v) is 2.66. The largest absolute Gasteiger partial charge is 0.395 e. The summed E-state index contributed by atoms with van der Waals surface area (Å²) in [6.45, 7) is 8.88. The van der Waals surface area contributed by atoms with E-state index in [9.17, 15) is 5.11 Å². The number of aryl methyl sites for hydroxylation is 1. The van der Waals surface area contributed by atoms with Crippen LogP contribution < -0.4 is 5.32 Å². The number of nitrogens with one attached hydrogen (secondary N) is 1. The average molecular weight is 278 g/mol. The zero-order valence-corrected chi connectivity index (χ0v) is 12.5. The summed E-state index contributed by atoms with van der Waals surface area (Å²) in [5.74, 6) is 0. The van der Waals surface area contributed by atoms with Crippen molar-refractivity contribution in [2.45, 2.75) is 25.9 Å². The van der Waals surface area contributed by atoms with Crippen molar-refractivity contribution in [2.75, 3.05) is 39.5 Å². The Morgan fingerprint density at radius 3 is 2.65 bits per heavy atom. The molecule has 20 heavy (non-hydrogen) atoms. The summed E-state index contributed by atoms with van der Waals surface area (Å²) < 4.78 is 5.41. The summed E-state index contributed by atoms with van der Waals surface area (Å²) in [7, 11) is 0. The van der Waals surface area contributed by atoms with E-state index in [2.05, 4.69) is 41.4 Å². The fraction of sp³-hybridized carbons (Fsp3) is 0.625. The predicted molar refractivity (Wildman–Crippen MR) is 80.9 cm³/mol. The minimum Gasteiger partial charge on any atom is -0.395 e. The van der Waals surface area contributed by atoms with E-state index in [1.165, 1.54) is 11.1 Å². The Morgan fingerprint density at radius 1 is 1.30 bits per heavy atom. The number of benzene rings is 1. The Morgan fingerprint density at radius 2 is 2.00 bits per heavy atom. The lowest BCUT2D eigenvalue weighted by atomic mass is 10.00. The third kappa shape index (κ3) is 4.28. The van der Waals surface area contributed by atoms with E-state index >= 15 is 0 Å². The quantitative estimate of drug-likeness (QED) is 0.824. The van der Waals surface area contributed by atoms with E-state index in [1.807, 2.05) is 6.92 Å². The molecular formula is C16H26N2O2. The van der Waals surface area contributed by atoms with Gasteiger partial charge < -0.3 is 15.2 Å². The van der Waals surface area contributed by atoms with Crippen LogP contribution in [0.15, 0.2) is 24.3 Å². The summed E-state index contributed by atoms with van der Waals surface area (Å²) in [5.41, 5.74) is 2.61. The van der Waals surface area contributed by atoms with Gasteiger partial charge in [-0.3, -0.25) is 4.90 Å². The molecule has 1 aliphatic rings. The Bertz CT molecular complexity index is 405. The standard InChI is InChI=1S/C16H26N2O2/c1-13-5-3-4-6-15(13)16(17-14(2)12-19)11-18-7-9-20-10-8-18/h3-6,14,16-17,19H,7-12H2,1-2H3/t14-,16-/m1/s1. The SMILES string of the molecule is Cc1ccccc1[C@@H](CN1CCOCC1)N[C@H](C)CO. The van der Waals surface area contributed by atoms with Crippen LogP contribution in [0.2, 0.25) is 0 Å². The second kappa shape index (κ2) is 7.74. The normalized spacial score (nSPS) is 19.8. The second-order valence-corrected chi connectivity index (χ2v) is 5.57. The summed E-state index contributed by atoms with van der Waals surface area (Å²) in [5, 5.41) is 12.8. The summed E-state index contributed by atoms with van der Waals surface area (Å²) in [6.07, 6.45) is 0. The van der Waals surface area contributed by atoms with Gasteiger partial charge in [-0.1, -0.05) is 24.3 Å². The highest BCUT2D eigenvalue weighted by molar-refractivity contribution is 5.29. The van der Waals surface area contributed by atoms with Gasteiger partial charge in [0, 0.05) is 31.7 Å². The molecule has 0 spiro atoms. The van der Waals surface area contributed by atoms with Crippen LogP contribution in [-0.2, 0) is 4.74 Å². The lowest BCUT2D eigenvalue weighted by Gasteiger charge is -2.33. The number of hydrogen-bond acceptors (Lipinski definition) is 4. The maximum atomic E-state index is 9.31. The monoisotopic (exact) mass is 278 g/mol. The first-order valence-corrected chi connectivity index (χ1v) is 7.43. The molecule has 2 N–H and O–H groups in total. The van der Waals surface area contributed by atoms with Crippen LogP contribution in [0.25, 0.3) is 0 Å². The predicted octanol–water partition coefficient (Wildman–Crippen LogP) is 1.34. The molecule has 0 aliphatic carbocycles. The van der Waals surface area contributed by atoms with Gasteiger partial charge in [-0.2, -0.15) is 0 Å². The fourth-order valence-electron chi connectivity index (χ4n) is 2.66. The number of aliphatic hydroxyl groups is 1. The molecule has 112 valence electrons. The molecule has 0 aromatic heterocycles. The van der Waals surface area contributed by atoms with Crippen LogP contribution in [0.5, 0.6) is 0 Å². The van der Waals surface area contributed by atoms with Crippen molar-refractivity contribution in [3.8, 4) is 0 Å². The molecule has 1 heterocycles. The van der Waals surface area contributed by atoms with E-state index < -0.39 is 0 Å². The third-order valence-electron chi connectivity index (χ3n) is 3.87. The summed E-state index contributed by atoms with van der Waals surface area (Å²) >= 11 is 0. The molecule has 1 fully saturated rings. The van der Waals surface area contributed by atoms with Gasteiger partial charge in [0.2, 0.25) is 0 Å². The van der Waals surface area contributed by atoms with Crippen molar-refractivity contribution in [3.05, 3.63) is 35.4 Å². The lowest BCUT2D eigenvalue weighted by molar-refractivity contribution is 0.0324. The highest BCUT2D eigenvalue weighted by Crippen LogP contribution is 2.20. The third-order valence-corrected chi connectivity index (χ3v) is 3.87. The minimum absolute atomic E-state index is 0.0978. The molecule has 1 aromatic carbocycles. The Balaban J connectivity index is 2.09. The molecule has 1 aromatic rings. The molecule has 2 atom stereocenters. The van der Waals surface area contributed by atoms with E-state index in [0.29, 0.717) is 0 Å². The molecule has 0 bridgehead atoms. The number of nitrogens with zero attached hydrogens (tertiary/aromatic N) is 1. The second-order valence-electron chi connectivity index (χ2n) is 5.57. The first kappa shape index (κ1) is 15.4. The highest BCUT2D eigenvalue weighted by Gasteiger charge is 2.20. The van der Waals surface area contributed by atoms with E-state index in [4.69, 9.17) is 4.74 Å². The topological polar surface area (TPSA) is 44.7 Å². The van der Waals surface area contributed by atoms with Crippen molar-refractivity contribution < 1.29 is 9.84 Å². The zero-order valence-electron chi connectivity index (χ0n) is 12.5. The smallest absolute Gasteiger partial charge is 0.0594 e. The van der Waals surface area contributed by atoms with Crippen LogP contribution in [0.3, 0.4) is 0 Å². The Kier molecular flexibility index (Phi) is 5.98. The Labute approximate surface area is 121 Å². The van der Waals surface area contributed by atoms with Crippen LogP contribution in [0, 0.1) is 6.92 Å². The molecular weight excluding hydrogens is 252 g/mol. The van der Waals surface area contributed by atoms with Crippen molar-refractivity contribution >= 4 is 0 Å². The van der Waals surface area contributed by atoms with Gasteiger partial charge in [-0.15, -0.1) is 0 Å². The van der Waals surface area contributed by atoms with E-state index in [1.54, 1.807) is 0 Å². The zero-order chi connectivity index (χ0) is 14.4. The van der Waals surface area contributed by atoms with Gasteiger partial charge >= 0.3 is 0 Å². The highest BCUT2D eigenvalue weighted by atomic mass is 16.5. The van der Waals surface area contributed by atoms with Gasteiger partial charge in [-0.25, -0.2) is 0 Å². The summed E-state index contributed by atoms with van der Waals surface area (Å²) in [4.78, 5) is 2.43. The first-order chi connectivity index (χ1) is 9.70. The molecule has 4 heteroatoms. The molecule has 1 saturated heterocycles. The number of morpholine rings is 1. The molecule has 0 radical (unpaired) electrons. The van der Waals surface area contributed by atoms with Gasteiger partial charge in [0.1, 0.15) is 0 Å². The molecule has 0 unspecified atom stereocenters. The van der Waals surface area contributed by atoms with E-state index in [0.717, 1.165) is 32.8 Å². The van der Waals surface area contributed by atoms with E-state index in [-0.39, 0.29) is 18.7 Å². The van der Waals surface area contributed by atoms with Crippen LogP contribution >= 0.6 is 0 Å². The lowest BCUT2D eigenvalue weighted by Crippen LogP contribution is -2.44. The average Bonchev–Trinajstić information content (AvgIpc) is 2.48. The number of aliphatic hydroxyl groups excluding tert-OH is 1. The van der Waals surface area contributed by atoms with Crippen molar-refractivity contribution in [3.63, 3.8) is 0 Å². The van der Waals surface area contributed by atoms with Crippen molar-refractivity contribution in [2.24, 2.45) is 0 Å². The summed E-state index contributed by atoms with van der Waals surface area (Å²) in [6, 6.07) is 8.82. The van der Waals surface area contributed by atoms with Crippen LogP contribution in [-0.4, -0.2) is 55.5 Å². The number of hydrogen-bond donors (Lipinski definition) is 2. The van der Waals surface area contributed by atoms with Crippen molar-refractivity contribution in [1.29, 1.82) is 0 Å². The molecule has 0 saturated carbocycles. The van der Waals surface area contributed by atoms with Crippen molar-refractivity contribution in [1.82, 2.24) is 10.2 Å². The molecule has 4 nitrogen and oxygen atoms in total. The first-order valence-electron chi connectivity index (χ1n) is 7.43. The number of rotatable bonds is 6. The van der Waals surface area contributed by atoms with Gasteiger partial charge in [-0.05, 0) is 25.0 Å². The number of ether oxygens (including phenoxy) is 1. The molecule has 0 amide bonds. The molecule has 1 aliphatic heterocycles. The maximum absolute atomic E-state index is 9.31. The Hall–Kier alpha value is -0.940. The molecule has 2 rings (SSSR count).